The van der Waals surface area contributed by atoms with E-state index in [0.717, 1.165) is 0 Å². The first-order valence-corrected chi connectivity index (χ1v) is 5.68. The van der Waals surface area contributed by atoms with Gasteiger partial charge in [0.05, 0.1) is 15.3 Å². The number of alkyl halides is 3. The fourth-order valence-corrected chi connectivity index (χ4v) is 1.51. The fourth-order valence-electron chi connectivity index (χ4n) is 1.51. The standard InChI is InChI=1S/C12H15BF3NO2/c1-10(2)11(3,4)19-13(18-10)8-5-6-9(17-7-8)12(14,15)16/h5-7H,1-4H3/i5D,6D,7D. The molecule has 7 heteroatoms. The van der Waals surface area contributed by atoms with Gasteiger partial charge in [-0.15, -0.1) is 0 Å². The van der Waals surface area contributed by atoms with Gasteiger partial charge in [0.25, 0.3) is 0 Å². The van der Waals surface area contributed by atoms with Gasteiger partial charge in [0, 0.05) is 11.6 Å². The number of pyridine rings is 1. The van der Waals surface area contributed by atoms with E-state index in [-0.39, 0.29) is 5.46 Å². The summed E-state index contributed by atoms with van der Waals surface area (Å²) in [5.41, 5.74) is -3.37. The van der Waals surface area contributed by atoms with Crippen LogP contribution in [0.1, 0.15) is 37.5 Å². The lowest BCUT2D eigenvalue weighted by molar-refractivity contribution is -0.141. The third-order valence-electron chi connectivity index (χ3n) is 3.36. The molecule has 2 rings (SSSR count). The van der Waals surface area contributed by atoms with Crippen molar-refractivity contribution < 1.29 is 26.6 Å². The molecule has 19 heavy (non-hydrogen) atoms. The van der Waals surface area contributed by atoms with Gasteiger partial charge < -0.3 is 9.31 Å². The minimum Gasteiger partial charge on any atom is -0.399 e. The highest BCUT2D eigenvalue weighted by atomic mass is 19.4. The van der Waals surface area contributed by atoms with Crippen LogP contribution in [0.2, 0.25) is 0 Å². The van der Waals surface area contributed by atoms with Crippen molar-refractivity contribution >= 4 is 12.6 Å². The van der Waals surface area contributed by atoms with Crippen molar-refractivity contribution in [3.8, 4) is 0 Å². The monoisotopic (exact) mass is 276 g/mol. The van der Waals surface area contributed by atoms with Crippen LogP contribution in [0.15, 0.2) is 18.3 Å². The van der Waals surface area contributed by atoms with Crippen LogP contribution in [0.5, 0.6) is 0 Å². The maximum absolute atomic E-state index is 12.8. The number of rotatable bonds is 1. The van der Waals surface area contributed by atoms with Crippen molar-refractivity contribution in [2.75, 3.05) is 0 Å². The molecule has 0 bridgehead atoms. The van der Waals surface area contributed by atoms with Crippen LogP contribution in [0.25, 0.3) is 0 Å². The summed E-state index contributed by atoms with van der Waals surface area (Å²) >= 11 is 0. The van der Waals surface area contributed by atoms with Crippen molar-refractivity contribution in [2.24, 2.45) is 0 Å². The largest absolute Gasteiger partial charge is 0.496 e. The van der Waals surface area contributed by atoms with Gasteiger partial charge in [-0.05, 0) is 33.7 Å². The molecule has 1 fully saturated rings. The molecule has 0 N–H and O–H groups in total. The fraction of sp³-hybridized carbons (Fsp3) is 0.583. The molecule has 2 heterocycles. The molecule has 0 aliphatic carbocycles. The number of aromatic nitrogens is 1. The predicted molar refractivity (Wildman–Crippen MR) is 65.0 cm³/mol. The second-order valence-electron chi connectivity index (χ2n) is 5.32. The second kappa shape index (κ2) is 4.21. The third kappa shape index (κ3) is 2.62. The normalized spacial score (nSPS) is 23.9. The van der Waals surface area contributed by atoms with Gasteiger partial charge in [-0.3, -0.25) is 4.98 Å². The van der Waals surface area contributed by atoms with Gasteiger partial charge in [-0.2, -0.15) is 13.2 Å². The Balaban J connectivity index is 2.54. The molecule has 0 atom stereocenters. The van der Waals surface area contributed by atoms with Crippen molar-refractivity contribution in [1.29, 1.82) is 0 Å². The van der Waals surface area contributed by atoms with Crippen LogP contribution in [0, 0.1) is 0 Å². The zero-order chi connectivity index (χ0) is 17.1. The van der Waals surface area contributed by atoms with Crippen LogP contribution >= 0.6 is 0 Å². The maximum Gasteiger partial charge on any atom is 0.496 e. The molecule has 1 aliphatic rings. The molecule has 0 spiro atoms. The molecule has 0 saturated carbocycles. The summed E-state index contributed by atoms with van der Waals surface area (Å²) in [6, 6.07) is -1.85. The van der Waals surface area contributed by atoms with Gasteiger partial charge in [0.1, 0.15) is 5.69 Å². The van der Waals surface area contributed by atoms with Crippen LogP contribution in [-0.4, -0.2) is 23.3 Å². The first-order valence-electron chi connectivity index (χ1n) is 7.18. The molecular weight excluding hydrogens is 258 g/mol. The first-order chi connectivity index (χ1) is 9.78. The zero-order valence-electron chi connectivity index (χ0n) is 14.0. The molecule has 1 aromatic heterocycles. The van der Waals surface area contributed by atoms with Crippen LogP contribution in [0.3, 0.4) is 0 Å². The lowest BCUT2D eigenvalue weighted by Gasteiger charge is -2.32. The molecule has 1 aliphatic heterocycles. The minimum absolute atomic E-state index is 0.267. The molecule has 3 nitrogen and oxygen atoms in total. The Morgan fingerprint density at radius 2 is 1.68 bits per heavy atom. The summed E-state index contributed by atoms with van der Waals surface area (Å²) in [5, 5.41) is 0. The summed E-state index contributed by atoms with van der Waals surface area (Å²) in [4.78, 5) is 3.12. The highest BCUT2D eigenvalue weighted by molar-refractivity contribution is 6.62. The quantitative estimate of drug-likeness (QED) is 0.738. The Hall–Kier alpha value is -1.08. The van der Waals surface area contributed by atoms with E-state index in [4.69, 9.17) is 13.4 Å². The Bertz CT molecular complexity index is 607. The highest BCUT2D eigenvalue weighted by Gasteiger charge is 2.51. The number of hydrogen-bond donors (Lipinski definition) is 0. The Kier molecular flexibility index (Phi) is 2.37. The van der Waals surface area contributed by atoms with E-state index >= 15 is 0 Å². The average Bonchev–Trinajstić information content (AvgIpc) is 2.51. The predicted octanol–water partition coefficient (Wildman–Crippen LogP) is 2.40. The van der Waals surface area contributed by atoms with E-state index in [9.17, 15) is 13.2 Å². The maximum atomic E-state index is 12.8. The Labute approximate surface area is 114 Å². The average molecular weight is 276 g/mol. The smallest absolute Gasteiger partial charge is 0.399 e. The second-order valence-corrected chi connectivity index (χ2v) is 5.32. The Morgan fingerprint density at radius 1 is 1.16 bits per heavy atom. The molecule has 1 saturated heterocycles. The molecule has 0 amide bonds. The lowest BCUT2D eigenvalue weighted by Crippen LogP contribution is -2.41. The van der Waals surface area contributed by atoms with Crippen molar-refractivity contribution in [3.05, 3.63) is 24.0 Å². The lowest BCUT2D eigenvalue weighted by atomic mass is 9.80. The van der Waals surface area contributed by atoms with E-state index in [1.54, 1.807) is 27.7 Å². The summed E-state index contributed by atoms with van der Waals surface area (Å²) in [5.74, 6) is 0. The van der Waals surface area contributed by atoms with Crippen molar-refractivity contribution in [1.82, 2.24) is 4.98 Å². The van der Waals surface area contributed by atoms with E-state index in [1.165, 1.54) is 0 Å². The van der Waals surface area contributed by atoms with Crippen molar-refractivity contribution in [3.63, 3.8) is 0 Å². The minimum atomic E-state index is -4.89. The van der Waals surface area contributed by atoms with Gasteiger partial charge >= 0.3 is 13.3 Å². The van der Waals surface area contributed by atoms with Crippen LogP contribution in [-0.2, 0) is 15.5 Å². The summed E-state index contributed by atoms with van der Waals surface area (Å²) in [6.45, 7) is 6.94. The van der Waals surface area contributed by atoms with Gasteiger partial charge in [-0.25, -0.2) is 0 Å². The van der Waals surface area contributed by atoms with Crippen LogP contribution in [0.4, 0.5) is 13.2 Å². The molecule has 0 radical (unpaired) electrons. The summed E-state index contributed by atoms with van der Waals surface area (Å²) in [6.07, 6.45) is -5.66. The Morgan fingerprint density at radius 3 is 2.16 bits per heavy atom. The molecular formula is C12H15BF3NO2. The molecule has 1 aromatic rings. The zero-order valence-corrected chi connectivity index (χ0v) is 11.0. The number of halogens is 3. The van der Waals surface area contributed by atoms with E-state index < -0.39 is 48.4 Å². The first kappa shape index (κ1) is 10.7. The molecule has 0 unspecified atom stereocenters. The third-order valence-corrected chi connectivity index (χ3v) is 3.36. The van der Waals surface area contributed by atoms with E-state index in [0.29, 0.717) is 0 Å². The van der Waals surface area contributed by atoms with Gasteiger partial charge in [0.15, 0.2) is 0 Å². The summed E-state index contributed by atoms with van der Waals surface area (Å²) in [7, 11) is -1.20. The molecule has 0 aromatic carbocycles. The number of nitrogens with zero attached hydrogens (tertiary/aromatic N) is 1. The van der Waals surface area contributed by atoms with Gasteiger partial charge in [-0.1, -0.05) is 6.04 Å². The summed E-state index contributed by atoms with van der Waals surface area (Å²) < 4.78 is 72.4. The molecule has 104 valence electrons. The number of hydrogen-bond acceptors (Lipinski definition) is 3. The van der Waals surface area contributed by atoms with Crippen molar-refractivity contribution in [2.45, 2.75) is 45.1 Å². The van der Waals surface area contributed by atoms with E-state index in [1.807, 2.05) is 0 Å². The SMILES string of the molecule is [2H]c1nc(C(F)(F)F)c([2H])c([2H])c1B1OC(C)(C)C(C)(C)O1. The topological polar surface area (TPSA) is 31.4 Å². The van der Waals surface area contributed by atoms with E-state index in [2.05, 4.69) is 4.98 Å². The van der Waals surface area contributed by atoms with Gasteiger partial charge in [0.2, 0.25) is 0 Å². The van der Waals surface area contributed by atoms with Crippen LogP contribution < -0.4 is 5.46 Å². The highest BCUT2D eigenvalue weighted by Crippen LogP contribution is 2.36.